The lowest BCUT2D eigenvalue weighted by molar-refractivity contribution is -0.133. The first-order valence-electron chi connectivity index (χ1n) is 11.6. The molecule has 5 rings (SSSR count). The van der Waals surface area contributed by atoms with Gasteiger partial charge in [-0.15, -0.1) is 0 Å². The number of carbonyl (C=O) groups is 4. The van der Waals surface area contributed by atoms with Gasteiger partial charge in [0.1, 0.15) is 12.1 Å². The monoisotopic (exact) mass is 478 g/mol. The molecular formula is C25H26N4O6. The first kappa shape index (κ1) is 22.7. The van der Waals surface area contributed by atoms with Crippen LogP contribution in [0.25, 0.3) is 0 Å². The minimum Gasteiger partial charge on any atom is -0.490 e. The molecule has 2 saturated heterocycles. The summed E-state index contributed by atoms with van der Waals surface area (Å²) in [5.74, 6) is 0.134. The molecule has 2 N–H and O–H groups in total. The van der Waals surface area contributed by atoms with Crippen molar-refractivity contribution in [1.82, 2.24) is 10.2 Å². The average Bonchev–Trinajstić information content (AvgIpc) is 3.25. The molecule has 35 heavy (non-hydrogen) atoms. The molecule has 182 valence electrons. The second-order valence-electron chi connectivity index (χ2n) is 8.90. The summed E-state index contributed by atoms with van der Waals surface area (Å²) in [6, 6.07) is 11.4. The Hall–Kier alpha value is -4.08. The van der Waals surface area contributed by atoms with Gasteiger partial charge < -0.3 is 25.0 Å². The van der Waals surface area contributed by atoms with E-state index in [0.29, 0.717) is 48.9 Å². The third-order valence-corrected chi connectivity index (χ3v) is 6.44. The van der Waals surface area contributed by atoms with Gasteiger partial charge in [-0.3, -0.25) is 19.3 Å². The van der Waals surface area contributed by atoms with Gasteiger partial charge in [0.15, 0.2) is 11.5 Å². The van der Waals surface area contributed by atoms with E-state index in [-0.39, 0.29) is 5.91 Å². The number of amides is 5. The molecule has 1 atom stereocenters. The van der Waals surface area contributed by atoms with Crippen molar-refractivity contribution >= 4 is 35.1 Å². The Morgan fingerprint density at radius 1 is 1.03 bits per heavy atom. The Labute approximate surface area is 202 Å². The molecule has 10 nitrogen and oxygen atoms in total. The lowest BCUT2D eigenvalue weighted by atomic mass is 9.91. The summed E-state index contributed by atoms with van der Waals surface area (Å²) in [4.78, 5) is 53.0. The molecule has 5 amide bonds. The molecular weight excluding hydrogens is 452 g/mol. The van der Waals surface area contributed by atoms with Gasteiger partial charge in [-0.2, -0.15) is 0 Å². The summed E-state index contributed by atoms with van der Waals surface area (Å²) in [5.41, 5.74) is 0.468. The zero-order chi connectivity index (χ0) is 24.6. The van der Waals surface area contributed by atoms with Crippen molar-refractivity contribution in [2.45, 2.75) is 31.7 Å². The molecule has 2 fully saturated rings. The highest BCUT2D eigenvalue weighted by Gasteiger charge is 2.49. The summed E-state index contributed by atoms with van der Waals surface area (Å²) in [6.07, 6.45) is 2.11. The van der Waals surface area contributed by atoms with E-state index in [1.807, 2.05) is 0 Å². The SMILES string of the molecule is C[C@@]1(c2ccc3c(c2)OCCCO3)NC(=O)N(CC(=O)Nc2ccc(N3CCCC3=O)cc2)C1=O. The van der Waals surface area contributed by atoms with Crippen LogP contribution in [0.5, 0.6) is 11.5 Å². The van der Waals surface area contributed by atoms with Crippen LogP contribution in [-0.2, 0) is 19.9 Å². The Balaban J connectivity index is 1.26. The first-order valence-corrected chi connectivity index (χ1v) is 11.6. The van der Waals surface area contributed by atoms with Crippen molar-refractivity contribution in [3.63, 3.8) is 0 Å². The van der Waals surface area contributed by atoms with Crippen molar-refractivity contribution in [2.75, 3.05) is 36.5 Å². The van der Waals surface area contributed by atoms with Crippen LogP contribution >= 0.6 is 0 Å². The number of anilines is 2. The number of nitrogens with zero attached hydrogens (tertiary/aromatic N) is 2. The molecule has 0 bridgehead atoms. The topological polar surface area (TPSA) is 117 Å². The van der Waals surface area contributed by atoms with Crippen LogP contribution in [0, 0.1) is 0 Å². The summed E-state index contributed by atoms with van der Waals surface area (Å²) in [7, 11) is 0. The van der Waals surface area contributed by atoms with Gasteiger partial charge >= 0.3 is 6.03 Å². The van der Waals surface area contributed by atoms with Gasteiger partial charge in [-0.1, -0.05) is 6.07 Å². The van der Waals surface area contributed by atoms with Gasteiger partial charge in [-0.05, 0) is 55.3 Å². The van der Waals surface area contributed by atoms with Crippen LogP contribution in [0.1, 0.15) is 31.7 Å². The van der Waals surface area contributed by atoms with E-state index in [1.54, 1.807) is 54.3 Å². The van der Waals surface area contributed by atoms with Crippen LogP contribution < -0.4 is 25.0 Å². The molecule has 0 radical (unpaired) electrons. The highest BCUT2D eigenvalue weighted by atomic mass is 16.5. The molecule has 2 aromatic rings. The summed E-state index contributed by atoms with van der Waals surface area (Å²) >= 11 is 0. The van der Waals surface area contributed by atoms with Gasteiger partial charge in [0, 0.05) is 30.8 Å². The molecule has 0 saturated carbocycles. The van der Waals surface area contributed by atoms with Crippen LogP contribution in [0.2, 0.25) is 0 Å². The zero-order valence-corrected chi connectivity index (χ0v) is 19.3. The van der Waals surface area contributed by atoms with Gasteiger partial charge in [0.05, 0.1) is 13.2 Å². The fourth-order valence-electron chi connectivity index (χ4n) is 4.50. The number of hydrogen-bond donors (Lipinski definition) is 2. The molecule has 10 heteroatoms. The fourth-order valence-corrected chi connectivity index (χ4v) is 4.50. The van der Waals surface area contributed by atoms with E-state index in [0.717, 1.165) is 23.4 Å². The lowest BCUT2D eigenvalue weighted by Gasteiger charge is -2.23. The van der Waals surface area contributed by atoms with E-state index >= 15 is 0 Å². The average molecular weight is 479 g/mol. The molecule has 0 aliphatic carbocycles. The maximum Gasteiger partial charge on any atom is 0.325 e. The summed E-state index contributed by atoms with van der Waals surface area (Å²) < 4.78 is 11.4. The van der Waals surface area contributed by atoms with E-state index in [4.69, 9.17) is 9.47 Å². The highest BCUT2D eigenvalue weighted by Crippen LogP contribution is 2.36. The van der Waals surface area contributed by atoms with Crippen molar-refractivity contribution in [3.05, 3.63) is 48.0 Å². The largest absolute Gasteiger partial charge is 0.490 e. The molecule has 2 aromatic carbocycles. The van der Waals surface area contributed by atoms with Crippen LogP contribution in [0.3, 0.4) is 0 Å². The molecule has 3 aliphatic heterocycles. The molecule has 0 spiro atoms. The van der Waals surface area contributed by atoms with E-state index < -0.39 is 29.9 Å². The van der Waals surface area contributed by atoms with Crippen molar-refractivity contribution in [3.8, 4) is 11.5 Å². The minimum absolute atomic E-state index is 0.0805. The van der Waals surface area contributed by atoms with E-state index in [9.17, 15) is 19.2 Å². The molecule has 3 heterocycles. The summed E-state index contributed by atoms with van der Waals surface area (Å²) in [5, 5.41) is 5.41. The van der Waals surface area contributed by atoms with Crippen LogP contribution in [0.4, 0.5) is 16.2 Å². The van der Waals surface area contributed by atoms with Crippen molar-refractivity contribution < 1.29 is 28.7 Å². The van der Waals surface area contributed by atoms with Gasteiger partial charge in [-0.25, -0.2) is 4.79 Å². The summed E-state index contributed by atoms with van der Waals surface area (Å²) in [6.45, 7) is 2.88. The zero-order valence-electron chi connectivity index (χ0n) is 19.3. The van der Waals surface area contributed by atoms with Crippen molar-refractivity contribution in [2.24, 2.45) is 0 Å². The van der Waals surface area contributed by atoms with E-state index in [2.05, 4.69) is 10.6 Å². The number of benzene rings is 2. The highest BCUT2D eigenvalue weighted by molar-refractivity contribution is 6.10. The number of nitrogens with one attached hydrogen (secondary N) is 2. The Kier molecular flexibility index (Phi) is 5.80. The Bertz CT molecular complexity index is 1200. The van der Waals surface area contributed by atoms with E-state index in [1.165, 1.54) is 0 Å². The quantitative estimate of drug-likeness (QED) is 0.638. The minimum atomic E-state index is -1.34. The second-order valence-corrected chi connectivity index (χ2v) is 8.90. The number of hydrogen-bond acceptors (Lipinski definition) is 6. The van der Waals surface area contributed by atoms with Crippen molar-refractivity contribution in [1.29, 1.82) is 0 Å². The Morgan fingerprint density at radius 2 is 1.77 bits per heavy atom. The number of fused-ring (bicyclic) bond motifs is 1. The Morgan fingerprint density at radius 3 is 2.49 bits per heavy atom. The number of carbonyl (C=O) groups excluding carboxylic acids is 4. The lowest BCUT2D eigenvalue weighted by Crippen LogP contribution is -2.42. The first-order chi connectivity index (χ1) is 16.8. The molecule has 3 aliphatic rings. The maximum absolute atomic E-state index is 13.2. The number of urea groups is 1. The van der Waals surface area contributed by atoms with Gasteiger partial charge in [0.25, 0.3) is 5.91 Å². The molecule has 0 unspecified atom stereocenters. The van der Waals surface area contributed by atoms with Crippen LogP contribution in [0.15, 0.2) is 42.5 Å². The predicted octanol–water partition coefficient (Wildman–Crippen LogP) is 2.38. The van der Waals surface area contributed by atoms with Crippen LogP contribution in [-0.4, -0.2) is 55.0 Å². The number of imide groups is 1. The normalized spacial score (nSPS) is 21.7. The van der Waals surface area contributed by atoms with Gasteiger partial charge in [0.2, 0.25) is 11.8 Å². The number of rotatable bonds is 5. The standard InChI is InChI=1S/C25H26N4O6/c1-25(16-5-10-19-20(14-16)35-13-3-12-34-19)23(32)29(24(33)27-25)15-21(30)26-17-6-8-18(9-7-17)28-11-2-4-22(28)31/h5-10,14H,2-4,11-13,15H2,1H3,(H,26,30)(H,27,33)/t25-/m0/s1. The third-order valence-electron chi connectivity index (χ3n) is 6.44. The predicted molar refractivity (Wildman–Crippen MR) is 126 cm³/mol. The fraction of sp³-hybridized carbons (Fsp3) is 0.360. The smallest absolute Gasteiger partial charge is 0.325 e. The number of ether oxygens (including phenoxy) is 2. The molecule has 0 aromatic heterocycles. The second kappa shape index (κ2) is 8.94. The maximum atomic E-state index is 13.2. The third kappa shape index (κ3) is 4.27.